The van der Waals surface area contributed by atoms with Gasteiger partial charge in [-0.05, 0) is 50.2 Å². The van der Waals surface area contributed by atoms with Crippen LogP contribution in [0.15, 0.2) is 30.3 Å². The van der Waals surface area contributed by atoms with E-state index in [1.165, 1.54) is 0 Å². The average molecular weight is 303 g/mol. The van der Waals surface area contributed by atoms with Gasteiger partial charge in [0.2, 0.25) is 0 Å². The summed E-state index contributed by atoms with van der Waals surface area (Å²) in [6.07, 6.45) is 0.746. The summed E-state index contributed by atoms with van der Waals surface area (Å²) >= 11 is 0. The van der Waals surface area contributed by atoms with E-state index in [0.717, 1.165) is 23.4 Å². The molecule has 0 spiro atoms. The summed E-state index contributed by atoms with van der Waals surface area (Å²) in [6.45, 7) is 3.24. The number of aromatic nitrogens is 2. The van der Waals surface area contributed by atoms with E-state index in [4.69, 9.17) is 15.2 Å². The molecule has 6 nitrogen and oxygen atoms in total. The minimum atomic E-state index is -0.369. The van der Waals surface area contributed by atoms with E-state index in [-0.39, 0.29) is 5.97 Å². The summed E-state index contributed by atoms with van der Waals surface area (Å²) in [4.78, 5) is 12.0. The second-order valence-electron chi connectivity index (χ2n) is 4.73. The molecule has 0 unspecified atom stereocenters. The van der Waals surface area contributed by atoms with Crippen molar-refractivity contribution >= 4 is 5.97 Å². The summed E-state index contributed by atoms with van der Waals surface area (Å²) in [6, 6.07) is 9.28. The molecule has 2 aromatic rings. The Morgan fingerprint density at radius 2 is 2.05 bits per heavy atom. The Balaban J connectivity index is 2.32. The van der Waals surface area contributed by atoms with E-state index in [9.17, 15) is 4.79 Å². The molecule has 0 bridgehead atoms. The number of benzene rings is 1. The van der Waals surface area contributed by atoms with Gasteiger partial charge in [-0.2, -0.15) is 5.10 Å². The highest BCUT2D eigenvalue weighted by Gasteiger charge is 2.17. The lowest BCUT2D eigenvalue weighted by Gasteiger charge is -2.05. The summed E-state index contributed by atoms with van der Waals surface area (Å²) in [7, 11) is 1.62. The van der Waals surface area contributed by atoms with Gasteiger partial charge < -0.3 is 15.2 Å². The molecule has 0 fully saturated rings. The van der Waals surface area contributed by atoms with Gasteiger partial charge >= 0.3 is 5.97 Å². The molecule has 0 aliphatic rings. The van der Waals surface area contributed by atoms with Crippen LogP contribution in [0.5, 0.6) is 5.75 Å². The van der Waals surface area contributed by atoms with Crippen LogP contribution in [-0.4, -0.2) is 36.0 Å². The molecule has 118 valence electrons. The van der Waals surface area contributed by atoms with Crippen molar-refractivity contribution in [2.45, 2.75) is 19.9 Å². The monoisotopic (exact) mass is 303 g/mol. The van der Waals surface area contributed by atoms with Crippen molar-refractivity contribution in [2.75, 3.05) is 20.3 Å². The van der Waals surface area contributed by atoms with Gasteiger partial charge in [0, 0.05) is 12.1 Å². The molecule has 0 saturated carbocycles. The highest BCUT2D eigenvalue weighted by atomic mass is 16.5. The first-order valence-electron chi connectivity index (χ1n) is 7.29. The largest absolute Gasteiger partial charge is 0.497 e. The van der Waals surface area contributed by atoms with Gasteiger partial charge in [-0.1, -0.05) is 0 Å². The van der Waals surface area contributed by atoms with Gasteiger partial charge in [0.05, 0.1) is 19.4 Å². The first-order chi connectivity index (χ1) is 10.7. The maximum atomic E-state index is 12.0. The molecular weight excluding hydrogens is 282 g/mol. The highest BCUT2D eigenvalue weighted by molar-refractivity contribution is 5.89. The van der Waals surface area contributed by atoms with Crippen molar-refractivity contribution in [1.29, 1.82) is 0 Å². The lowest BCUT2D eigenvalue weighted by molar-refractivity contribution is 0.0511. The first kappa shape index (κ1) is 16.0. The van der Waals surface area contributed by atoms with Gasteiger partial charge in [-0.15, -0.1) is 0 Å². The van der Waals surface area contributed by atoms with Crippen LogP contribution in [0.3, 0.4) is 0 Å². The van der Waals surface area contributed by atoms with Crippen LogP contribution >= 0.6 is 0 Å². The average Bonchev–Trinajstić information content (AvgIpc) is 2.97. The topological polar surface area (TPSA) is 79.4 Å². The maximum absolute atomic E-state index is 12.0. The molecule has 0 aliphatic heterocycles. The number of rotatable bonds is 7. The van der Waals surface area contributed by atoms with Crippen LogP contribution in [0.1, 0.15) is 23.8 Å². The number of carbonyl (C=O) groups is 1. The van der Waals surface area contributed by atoms with E-state index in [1.807, 2.05) is 24.3 Å². The molecule has 0 saturated heterocycles. The fourth-order valence-electron chi connectivity index (χ4n) is 2.10. The van der Waals surface area contributed by atoms with Crippen LogP contribution in [0.25, 0.3) is 11.3 Å². The van der Waals surface area contributed by atoms with E-state index < -0.39 is 0 Å². The predicted molar refractivity (Wildman–Crippen MR) is 83.8 cm³/mol. The zero-order valence-corrected chi connectivity index (χ0v) is 12.9. The highest BCUT2D eigenvalue weighted by Crippen LogP contribution is 2.22. The molecule has 1 aromatic carbocycles. The van der Waals surface area contributed by atoms with Gasteiger partial charge in [0.1, 0.15) is 11.4 Å². The molecule has 0 amide bonds. The lowest BCUT2D eigenvalue weighted by Crippen LogP contribution is -2.15. The van der Waals surface area contributed by atoms with Crippen LogP contribution in [0.4, 0.5) is 0 Å². The SMILES string of the molecule is CCOC(=O)c1cc(-c2ccc(OC)cc2)nn1CCCN. The standard InChI is InChI=1S/C16H21N3O3/c1-3-22-16(20)15-11-14(18-19(15)10-4-9-17)12-5-7-13(21-2)8-6-12/h5-8,11H,3-4,9-10,17H2,1-2H3. The second kappa shape index (κ2) is 7.61. The smallest absolute Gasteiger partial charge is 0.356 e. The maximum Gasteiger partial charge on any atom is 0.356 e. The number of hydrogen-bond donors (Lipinski definition) is 1. The number of aryl methyl sites for hydroxylation is 1. The minimum Gasteiger partial charge on any atom is -0.497 e. The van der Waals surface area contributed by atoms with Gasteiger partial charge in [-0.3, -0.25) is 4.68 Å². The van der Waals surface area contributed by atoms with E-state index in [0.29, 0.717) is 25.4 Å². The third-order valence-electron chi connectivity index (χ3n) is 3.22. The van der Waals surface area contributed by atoms with Crippen LogP contribution < -0.4 is 10.5 Å². The summed E-state index contributed by atoms with van der Waals surface area (Å²) in [5.41, 5.74) is 7.62. The number of ether oxygens (including phenoxy) is 2. The normalized spacial score (nSPS) is 10.5. The quantitative estimate of drug-likeness (QED) is 0.792. The molecular formula is C16H21N3O3. The van der Waals surface area contributed by atoms with Crippen molar-refractivity contribution in [3.63, 3.8) is 0 Å². The third-order valence-corrected chi connectivity index (χ3v) is 3.22. The number of esters is 1. The van der Waals surface area contributed by atoms with E-state index in [2.05, 4.69) is 5.10 Å². The molecule has 0 aliphatic carbocycles. The minimum absolute atomic E-state index is 0.332. The number of methoxy groups -OCH3 is 1. The Labute approximate surface area is 129 Å². The van der Waals surface area contributed by atoms with Gasteiger partial charge in [-0.25, -0.2) is 4.79 Å². The van der Waals surface area contributed by atoms with E-state index >= 15 is 0 Å². The molecule has 2 N–H and O–H groups in total. The lowest BCUT2D eigenvalue weighted by atomic mass is 10.1. The molecule has 0 radical (unpaired) electrons. The Bertz CT molecular complexity index is 620. The molecule has 1 aromatic heterocycles. The molecule has 22 heavy (non-hydrogen) atoms. The zero-order valence-electron chi connectivity index (χ0n) is 12.9. The Kier molecular flexibility index (Phi) is 5.55. The molecule has 1 heterocycles. The summed E-state index contributed by atoms with van der Waals surface area (Å²) in [5, 5.41) is 4.50. The molecule has 6 heteroatoms. The van der Waals surface area contributed by atoms with E-state index in [1.54, 1.807) is 24.8 Å². The number of nitrogens with two attached hydrogens (primary N) is 1. The fourth-order valence-corrected chi connectivity index (χ4v) is 2.10. The van der Waals surface area contributed by atoms with Crippen LogP contribution in [-0.2, 0) is 11.3 Å². The van der Waals surface area contributed by atoms with Crippen molar-refractivity contribution in [2.24, 2.45) is 5.73 Å². The van der Waals surface area contributed by atoms with Crippen molar-refractivity contribution in [3.8, 4) is 17.0 Å². The zero-order chi connectivity index (χ0) is 15.9. The predicted octanol–water partition coefficient (Wildman–Crippen LogP) is 2.08. The van der Waals surface area contributed by atoms with Gasteiger partial charge in [0.15, 0.2) is 0 Å². The summed E-state index contributed by atoms with van der Waals surface area (Å²) in [5.74, 6) is 0.406. The molecule has 2 rings (SSSR count). The van der Waals surface area contributed by atoms with Crippen LogP contribution in [0, 0.1) is 0 Å². The van der Waals surface area contributed by atoms with Crippen molar-refractivity contribution in [1.82, 2.24) is 9.78 Å². The Hall–Kier alpha value is -2.34. The van der Waals surface area contributed by atoms with Crippen LogP contribution in [0.2, 0.25) is 0 Å². The molecule has 0 atom stereocenters. The summed E-state index contributed by atoms with van der Waals surface area (Å²) < 4.78 is 11.9. The first-order valence-corrected chi connectivity index (χ1v) is 7.29. The number of nitrogens with zero attached hydrogens (tertiary/aromatic N) is 2. The van der Waals surface area contributed by atoms with Gasteiger partial charge in [0.25, 0.3) is 0 Å². The third kappa shape index (κ3) is 3.65. The van der Waals surface area contributed by atoms with Crippen molar-refractivity contribution in [3.05, 3.63) is 36.0 Å². The Morgan fingerprint density at radius 3 is 2.64 bits per heavy atom. The second-order valence-corrected chi connectivity index (χ2v) is 4.73. The van der Waals surface area contributed by atoms with Crippen molar-refractivity contribution < 1.29 is 14.3 Å². The Morgan fingerprint density at radius 1 is 1.32 bits per heavy atom. The number of hydrogen-bond acceptors (Lipinski definition) is 5. The number of carbonyl (C=O) groups excluding carboxylic acids is 1. The fraction of sp³-hybridized carbons (Fsp3) is 0.375.